The van der Waals surface area contributed by atoms with E-state index in [-0.39, 0.29) is 18.2 Å². The largest absolute Gasteiger partial charge is 0.465 e. The highest BCUT2D eigenvalue weighted by atomic mass is 32.2. The topological polar surface area (TPSA) is 88.1 Å². The zero-order chi connectivity index (χ0) is 20.1. The van der Waals surface area contributed by atoms with Crippen LogP contribution in [0.4, 0.5) is 11.4 Å². The Morgan fingerprint density at radius 3 is 2.46 bits per heavy atom. The number of thioether (sulfide) groups is 1. The van der Waals surface area contributed by atoms with Crippen LogP contribution < -0.4 is 5.32 Å². The molecule has 0 aliphatic carbocycles. The Balaban J connectivity index is 1.72. The molecule has 0 unspecified atom stereocenters. The quantitative estimate of drug-likeness (QED) is 0.801. The number of para-hydroxylation sites is 1. The van der Waals surface area contributed by atoms with Gasteiger partial charge in [0.2, 0.25) is 11.8 Å². The number of methoxy groups -OCH3 is 1. The van der Waals surface area contributed by atoms with Gasteiger partial charge in [-0.15, -0.1) is 0 Å². The highest BCUT2D eigenvalue weighted by Gasteiger charge is 2.34. The second kappa shape index (κ2) is 8.71. The number of nitrogens with one attached hydrogen (secondary N) is 1. The number of amidine groups is 1. The van der Waals surface area contributed by atoms with Crippen LogP contribution in [0.25, 0.3) is 0 Å². The molecule has 2 aromatic rings. The number of hydrogen-bond acceptors (Lipinski definition) is 6. The zero-order valence-corrected chi connectivity index (χ0v) is 16.2. The number of carbonyl (C=O) groups is 3. The number of carbonyl (C=O) groups excluding carboxylic acids is 3. The first-order valence-electron chi connectivity index (χ1n) is 8.54. The molecule has 1 aliphatic heterocycles. The summed E-state index contributed by atoms with van der Waals surface area (Å²) in [5, 5.41) is 2.66. The molecule has 1 heterocycles. The first kappa shape index (κ1) is 19.6. The summed E-state index contributed by atoms with van der Waals surface area (Å²) in [5.74, 6) is -0.913. The SMILES string of the molecule is COC(=O)c1ccc(NC(=O)[C@@H]2CC(=O)N(C)C(=Nc3ccccc3)S2)cc1. The third-order valence-electron chi connectivity index (χ3n) is 4.12. The minimum atomic E-state index is -0.591. The summed E-state index contributed by atoms with van der Waals surface area (Å²) in [6.07, 6.45) is 0.0844. The van der Waals surface area contributed by atoms with E-state index in [9.17, 15) is 14.4 Å². The number of rotatable bonds is 4. The number of ether oxygens (including phenoxy) is 1. The van der Waals surface area contributed by atoms with Crippen LogP contribution in [0.1, 0.15) is 16.8 Å². The number of aliphatic imine (C=N–C) groups is 1. The molecular weight excluding hydrogens is 378 g/mol. The fraction of sp³-hybridized carbons (Fsp3) is 0.200. The maximum Gasteiger partial charge on any atom is 0.337 e. The maximum absolute atomic E-state index is 12.6. The molecule has 1 atom stereocenters. The van der Waals surface area contributed by atoms with Crippen molar-refractivity contribution in [3.8, 4) is 0 Å². The number of esters is 1. The highest BCUT2D eigenvalue weighted by Crippen LogP contribution is 2.29. The van der Waals surface area contributed by atoms with Crippen LogP contribution in [0.2, 0.25) is 0 Å². The molecule has 28 heavy (non-hydrogen) atoms. The first-order chi connectivity index (χ1) is 13.5. The van der Waals surface area contributed by atoms with Gasteiger partial charge in [0.25, 0.3) is 0 Å². The lowest BCUT2D eigenvalue weighted by molar-refractivity contribution is -0.128. The van der Waals surface area contributed by atoms with E-state index in [0.29, 0.717) is 22.1 Å². The van der Waals surface area contributed by atoms with E-state index >= 15 is 0 Å². The summed E-state index contributed by atoms with van der Waals surface area (Å²) in [5.41, 5.74) is 1.64. The fourth-order valence-corrected chi connectivity index (χ4v) is 3.61. The Hall–Kier alpha value is -3.13. The first-order valence-corrected chi connectivity index (χ1v) is 9.42. The predicted molar refractivity (Wildman–Crippen MR) is 109 cm³/mol. The number of amides is 2. The Bertz CT molecular complexity index is 913. The third kappa shape index (κ3) is 4.58. The normalized spacial score (nSPS) is 18.1. The molecule has 0 bridgehead atoms. The van der Waals surface area contributed by atoms with Gasteiger partial charge in [0.15, 0.2) is 5.17 Å². The van der Waals surface area contributed by atoms with Gasteiger partial charge in [-0.3, -0.25) is 14.5 Å². The fourth-order valence-electron chi connectivity index (χ4n) is 2.54. The van der Waals surface area contributed by atoms with Gasteiger partial charge in [-0.1, -0.05) is 30.0 Å². The maximum atomic E-state index is 12.6. The van der Waals surface area contributed by atoms with Crippen molar-refractivity contribution in [2.45, 2.75) is 11.7 Å². The minimum absolute atomic E-state index is 0.0844. The predicted octanol–water partition coefficient (Wildman–Crippen LogP) is 3.06. The van der Waals surface area contributed by atoms with Gasteiger partial charge in [0, 0.05) is 19.2 Å². The summed E-state index contributed by atoms with van der Waals surface area (Å²) >= 11 is 1.25. The van der Waals surface area contributed by atoms with Gasteiger partial charge in [-0.2, -0.15) is 0 Å². The molecule has 1 N–H and O–H groups in total. The van der Waals surface area contributed by atoms with Gasteiger partial charge < -0.3 is 10.1 Å². The number of hydrogen-bond donors (Lipinski definition) is 1. The van der Waals surface area contributed by atoms with E-state index < -0.39 is 11.2 Å². The van der Waals surface area contributed by atoms with Crippen molar-refractivity contribution < 1.29 is 19.1 Å². The average molecular weight is 397 g/mol. The lowest BCUT2D eigenvalue weighted by Gasteiger charge is -2.28. The van der Waals surface area contributed by atoms with Crippen molar-refractivity contribution in [2.75, 3.05) is 19.5 Å². The molecule has 1 aliphatic rings. The molecule has 0 spiro atoms. The molecular formula is C20H19N3O4S. The van der Waals surface area contributed by atoms with Gasteiger partial charge in [-0.05, 0) is 36.4 Å². The number of nitrogens with zero attached hydrogens (tertiary/aromatic N) is 2. The minimum Gasteiger partial charge on any atom is -0.465 e. The number of anilines is 1. The summed E-state index contributed by atoms with van der Waals surface area (Å²) < 4.78 is 4.65. The van der Waals surface area contributed by atoms with E-state index in [4.69, 9.17) is 0 Å². The summed E-state index contributed by atoms with van der Waals surface area (Å²) in [4.78, 5) is 42.4. The molecule has 1 saturated heterocycles. The third-order valence-corrected chi connectivity index (χ3v) is 5.36. The second-order valence-corrected chi connectivity index (χ2v) is 7.22. The molecule has 2 aromatic carbocycles. The van der Waals surface area contributed by atoms with E-state index in [1.165, 1.54) is 23.8 Å². The van der Waals surface area contributed by atoms with Crippen LogP contribution in [-0.2, 0) is 14.3 Å². The lowest BCUT2D eigenvalue weighted by atomic mass is 10.2. The van der Waals surface area contributed by atoms with Crippen molar-refractivity contribution in [1.29, 1.82) is 0 Å². The van der Waals surface area contributed by atoms with Gasteiger partial charge in [0.1, 0.15) is 5.25 Å². The van der Waals surface area contributed by atoms with Crippen molar-refractivity contribution in [2.24, 2.45) is 4.99 Å². The molecule has 0 radical (unpaired) electrons. The standard InChI is InChI=1S/C20H19N3O4S/c1-23-17(24)12-16(28-20(23)22-14-6-4-3-5-7-14)18(25)21-15-10-8-13(9-11-15)19(26)27-2/h3-11,16H,12H2,1-2H3,(H,21,25)/t16-/m0/s1. The highest BCUT2D eigenvalue weighted by molar-refractivity contribution is 8.15. The van der Waals surface area contributed by atoms with Crippen LogP contribution in [0.3, 0.4) is 0 Å². The number of benzene rings is 2. The van der Waals surface area contributed by atoms with Crippen LogP contribution in [-0.4, -0.2) is 47.3 Å². The van der Waals surface area contributed by atoms with Gasteiger partial charge in [-0.25, -0.2) is 9.79 Å². The van der Waals surface area contributed by atoms with E-state index in [1.54, 1.807) is 31.3 Å². The summed E-state index contributed by atoms with van der Waals surface area (Å²) in [6.45, 7) is 0. The zero-order valence-electron chi connectivity index (χ0n) is 15.4. The molecule has 2 amide bonds. The van der Waals surface area contributed by atoms with Crippen molar-refractivity contribution >= 4 is 46.1 Å². The Morgan fingerprint density at radius 1 is 1.14 bits per heavy atom. The Labute approximate surface area is 166 Å². The molecule has 7 nitrogen and oxygen atoms in total. The van der Waals surface area contributed by atoms with Crippen molar-refractivity contribution in [1.82, 2.24) is 4.90 Å². The van der Waals surface area contributed by atoms with E-state index in [1.807, 2.05) is 30.3 Å². The Morgan fingerprint density at radius 2 is 1.82 bits per heavy atom. The second-order valence-electron chi connectivity index (χ2n) is 6.05. The smallest absolute Gasteiger partial charge is 0.337 e. The van der Waals surface area contributed by atoms with Crippen LogP contribution in [0, 0.1) is 0 Å². The average Bonchev–Trinajstić information content (AvgIpc) is 2.72. The Kier molecular flexibility index (Phi) is 6.10. The van der Waals surface area contributed by atoms with Crippen molar-refractivity contribution in [3.05, 3.63) is 60.2 Å². The molecule has 0 saturated carbocycles. The molecule has 144 valence electrons. The van der Waals surface area contributed by atoms with E-state index in [2.05, 4.69) is 15.0 Å². The summed E-state index contributed by atoms with van der Waals surface area (Å²) in [7, 11) is 2.96. The molecule has 1 fully saturated rings. The van der Waals surface area contributed by atoms with Crippen molar-refractivity contribution in [3.63, 3.8) is 0 Å². The van der Waals surface area contributed by atoms with E-state index in [0.717, 1.165) is 0 Å². The van der Waals surface area contributed by atoms with Crippen LogP contribution >= 0.6 is 11.8 Å². The van der Waals surface area contributed by atoms with Crippen LogP contribution in [0.15, 0.2) is 59.6 Å². The molecule has 0 aromatic heterocycles. The van der Waals surface area contributed by atoms with Gasteiger partial charge in [0.05, 0.1) is 18.4 Å². The van der Waals surface area contributed by atoms with Crippen LogP contribution in [0.5, 0.6) is 0 Å². The lowest BCUT2D eigenvalue weighted by Crippen LogP contribution is -2.43. The van der Waals surface area contributed by atoms with Gasteiger partial charge >= 0.3 is 5.97 Å². The summed E-state index contributed by atoms with van der Waals surface area (Å²) in [6, 6.07) is 15.6. The molecule has 3 rings (SSSR count). The monoisotopic (exact) mass is 397 g/mol. The molecule has 8 heteroatoms.